The lowest BCUT2D eigenvalue weighted by molar-refractivity contribution is -0.137. The summed E-state index contributed by atoms with van der Waals surface area (Å²) in [6.07, 6.45) is 7.34. The van der Waals surface area contributed by atoms with Gasteiger partial charge in [-0.15, -0.1) is 0 Å². The van der Waals surface area contributed by atoms with Gasteiger partial charge in [-0.05, 0) is 66.5 Å². The summed E-state index contributed by atoms with van der Waals surface area (Å²) in [5.74, 6) is 1.10. The van der Waals surface area contributed by atoms with E-state index in [1.165, 1.54) is 12.1 Å². The van der Waals surface area contributed by atoms with Crippen LogP contribution in [0.4, 0.5) is 4.39 Å². The van der Waals surface area contributed by atoms with Gasteiger partial charge in [-0.3, -0.25) is 0 Å². The number of rotatable bonds is 5. The number of aryl methyl sites for hydroxylation is 1. The lowest BCUT2D eigenvalue weighted by Gasteiger charge is -2.38. The van der Waals surface area contributed by atoms with Gasteiger partial charge >= 0.3 is 0 Å². The third kappa shape index (κ3) is 3.56. The van der Waals surface area contributed by atoms with Crippen LogP contribution in [0.5, 0.6) is 5.75 Å². The predicted octanol–water partition coefficient (Wildman–Crippen LogP) is 3.90. The minimum atomic E-state index is -1.15. The molecule has 170 valence electrons. The van der Waals surface area contributed by atoms with Crippen LogP contribution in [0.25, 0.3) is 17.3 Å². The number of aromatic nitrogens is 2. The highest BCUT2D eigenvalue weighted by atomic mass is 19.1. The number of hydrogen-bond donors (Lipinski definition) is 1. The molecule has 3 heterocycles. The lowest BCUT2D eigenvalue weighted by atomic mass is 9.94. The number of ether oxygens (including phenoxy) is 1. The lowest BCUT2D eigenvalue weighted by Crippen LogP contribution is -2.51. The number of piperidine rings is 1. The number of amidine groups is 1. The quantitative estimate of drug-likeness (QED) is 0.641. The maximum absolute atomic E-state index is 13.5. The molecule has 1 unspecified atom stereocenters. The van der Waals surface area contributed by atoms with Gasteiger partial charge in [0.2, 0.25) is 0 Å². The van der Waals surface area contributed by atoms with Crippen LogP contribution in [-0.2, 0) is 17.6 Å². The zero-order valence-corrected chi connectivity index (χ0v) is 18.5. The predicted molar refractivity (Wildman–Crippen MR) is 123 cm³/mol. The largest absolute Gasteiger partial charge is 0.496 e. The molecule has 0 bridgehead atoms. The summed E-state index contributed by atoms with van der Waals surface area (Å²) < 4.78 is 21.1. The molecule has 2 aliphatic heterocycles. The Hall–Kier alpha value is -3.65. The van der Waals surface area contributed by atoms with E-state index in [0.717, 1.165) is 41.0 Å². The number of hydrogen-bond acceptors (Lipinski definition) is 6. The maximum atomic E-state index is 13.5. The smallest absolute Gasteiger partial charge is 0.260 e. The van der Waals surface area contributed by atoms with Gasteiger partial charge in [0.25, 0.3) is 5.72 Å². The second-order valence-corrected chi connectivity index (χ2v) is 8.23. The van der Waals surface area contributed by atoms with Crippen molar-refractivity contribution in [2.75, 3.05) is 20.3 Å². The topological polar surface area (TPSA) is 72.1 Å². The Kier molecular flexibility index (Phi) is 5.38. The van der Waals surface area contributed by atoms with E-state index < -0.39 is 5.72 Å². The maximum Gasteiger partial charge on any atom is 0.260 e. The summed E-state index contributed by atoms with van der Waals surface area (Å²) in [6.45, 7) is 0.378. The van der Waals surface area contributed by atoms with Crippen molar-refractivity contribution in [3.63, 3.8) is 0 Å². The van der Waals surface area contributed by atoms with Crippen LogP contribution in [0.2, 0.25) is 0 Å². The Morgan fingerprint density at radius 2 is 2.06 bits per heavy atom. The third-order valence-corrected chi connectivity index (χ3v) is 6.26. The van der Waals surface area contributed by atoms with Crippen LogP contribution in [0.1, 0.15) is 24.0 Å². The average molecular weight is 448 g/mol. The number of aliphatic hydroxyl groups is 1. The van der Waals surface area contributed by atoms with E-state index in [2.05, 4.69) is 16.2 Å². The molecule has 1 saturated heterocycles. The van der Waals surface area contributed by atoms with Crippen molar-refractivity contribution in [1.29, 1.82) is 0 Å². The number of oxime groups is 1. The SMILES string of the molecule is COc1cc(/C=C2\CCCN3C2=NOC3(CO)c2ccc(F)cc2)ccc1-c1cncn1C. The normalized spacial score (nSPS) is 21.0. The van der Waals surface area contributed by atoms with Gasteiger partial charge in [-0.25, -0.2) is 9.37 Å². The molecule has 8 heteroatoms. The van der Waals surface area contributed by atoms with Gasteiger partial charge in [-0.1, -0.05) is 11.2 Å². The molecule has 1 aromatic heterocycles. The van der Waals surface area contributed by atoms with Crippen molar-refractivity contribution in [2.45, 2.75) is 18.6 Å². The van der Waals surface area contributed by atoms with E-state index in [9.17, 15) is 9.50 Å². The van der Waals surface area contributed by atoms with Crippen LogP contribution >= 0.6 is 0 Å². The summed E-state index contributed by atoms with van der Waals surface area (Å²) in [7, 11) is 3.60. The zero-order valence-electron chi connectivity index (χ0n) is 18.5. The molecule has 5 rings (SSSR count). The van der Waals surface area contributed by atoms with Crippen LogP contribution in [0.3, 0.4) is 0 Å². The number of imidazole rings is 1. The molecular weight excluding hydrogens is 423 g/mol. The van der Waals surface area contributed by atoms with Gasteiger partial charge in [-0.2, -0.15) is 0 Å². The van der Waals surface area contributed by atoms with E-state index in [1.54, 1.807) is 25.6 Å². The van der Waals surface area contributed by atoms with E-state index in [4.69, 9.17) is 9.57 Å². The third-order valence-electron chi connectivity index (χ3n) is 6.26. The molecular formula is C25H25FN4O3. The minimum Gasteiger partial charge on any atom is -0.496 e. The summed E-state index contributed by atoms with van der Waals surface area (Å²) in [4.78, 5) is 12.0. The van der Waals surface area contributed by atoms with Gasteiger partial charge in [0, 0.05) is 24.7 Å². The van der Waals surface area contributed by atoms with Crippen molar-refractivity contribution in [3.05, 3.63) is 77.5 Å². The molecule has 1 N–H and O–H groups in total. The minimum absolute atomic E-state index is 0.299. The molecule has 1 fully saturated rings. The molecule has 0 aliphatic carbocycles. The fourth-order valence-corrected chi connectivity index (χ4v) is 4.53. The van der Waals surface area contributed by atoms with Crippen molar-refractivity contribution in [2.24, 2.45) is 12.2 Å². The Balaban J connectivity index is 1.48. The highest BCUT2D eigenvalue weighted by molar-refractivity contribution is 6.03. The molecule has 0 spiro atoms. The molecule has 2 aromatic carbocycles. The fourth-order valence-electron chi connectivity index (χ4n) is 4.53. The molecule has 3 aromatic rings. The Morgan fingerprint density at radius 3 is 2.76 bits per heavy atom. The molecule has 33 heavy (non-hydrogen) atoms. The number of methoxy groups -OCH3 is 1. The number of nitrogens with zero attached hydrogens (tertiary/aromatic N) is 4. The Bertz CT molecular complexity index is 1230. The first kappa shape index (κ1) is 21.2. The second kappa shape index (κ2) is 8.37. The van der Waals surface area contributed by atoms with E-state index in [0.29, 0.717) is 17.9 Å². The van der Waals surface area contributed by atoms with Crippen molar-refractivity contribution >= 4 is 11.9 Å². The van der Waals surface area contributed by atoms with Crippen molar-refractivity contribution in [3.8, 4) is 17.0 Å². The standard InChI is InChI=1S/C25H25FN4O3/c1-29-16-27-14-22(29)21-10-5-17(13-23(21)32-2)12-18-4-3-11-30-24(18)28-33-25(30,15-31)19-6-8-20(26)9-7-19/h5-10,12-14,16,31H,3-4,11,15H2,1-2H3/b18-12+. The molecule has 1 atom stereocenters. The Labute approximate surface area is 191 Å². The zero-order chi connectivity index (χ0) is 23.0. The summed E-state index contributed by atoms with van der Waals surface area (Å²) in [5, 5.41) is 14.6. The van der Waals surface area contributed by atoms with E-state index in [1.807, 2.05) is 40.9 Å². The van der Waals surface area contributed by atoms with Crippen LogP contribution < -0.4 is 4.74 Å². The first-order chi connectivity index (χ1) is 16.1. The number of aliphatic hydroxyl groups excluding tert-OH is 1. The Morgan fingerprint density at radius 1 is 1.24 bits per heavy atom. The highest BCUT2D eigenvalue weighted by Gasteiger charge is 2.49. The van der Waals surface area contributed by atoms with E-state index in [-0.39, 0.29) is 12.4 Å². The number of halogens is 1. The monoisotopic (exact) mass is 448 g/mol. The molecule has 0 saturated carbocycles. The van der Waals surface area contributed by atoms with Crippen LogP contribution in [-0.4, -0.2) is 45.7 Å². The molecule has 2 aliphatic rings. The fraction of sp³-hybridized carbons (Fsp3) is 0.280. The second-order valence-electron chi connectivity index (χ2n) is 8.23. The van der Waals surface area contributed by atoms with Gasteiger partial charge in [0.1, 0.15) is 18.2 Å². The number of benzene rings is 2. The molecule has 0 amide bonds. The first-order valence-corrected chi connectivity index (χ1v) is 10.8. The van der Waals surface area contributed by atoms with Crippen molar-refractivity contribution in [1.82, 2.24) is 14.5 Å². The molecule has 7 nitrogen and oxygen atoms in total. The summed E-state index contributed by atoms with van der Waals surface area (Å²) in [6, 6.07) is 12.0. The van der Waals surface area contributed by atoms with Crippen LogP contribution in [0.15, 0.2) is 65.7 Å². The first-order valence-electron chi connectivity index (χ1n) is 10.8. The van der Waals surface area contributed by atoms with Crippen LogP contribution in [0, 0.1) is 5.82 Å². The molecule has 0 radical (unpaired) electrons. The highest BCUT2D eigenvalue weighted by Crippen LogP contribution is 2.40. The average Bonchev–Trinajstić information content (AvgIpc) is 3.44. The van der Waals surface area contributed by atoms with E-state index >= 15 is 0 Å². The number of fused-ring (bicyclic) bond motifs is 1. The van der Waals surface area contributed by atoms with Gasteiger partial charge in [0.05, 0.1) is 25.3 Å². The summed E-state index contributed by atoms with van der Waals surface area (Å²) >= 11 is 0. The van der Waals surface area contributed by atoms with Crippen molar-refractivity contribution < 1.29 is 19.1 Å². The summed E-state index contributed by atoms with van der Waals surface area (Å²) in [5.41, 5.74) is 3.42. The van der Waals surface area contributed by atoms with Gasteiger partial charge < -0.3 is 24.1 Å². The van der Waals surface area contributed by atoms with Gasteiger partial charge in [0.15, 0.2) is 5.84 Å².